The van der Waals surface area contributed by atoms with Crippen LogP contribution in [0.4, 0.5) is 5.69 Å². The summed E-state index contributed by atoms with van der Waals surface area (Å²) < 4.78 is 6.76. The summed E-state index contributed by atoms with van der Waals surface area (Å²) in [7, 11) is 1.46. The summed E-state index contributed by atoms with van der Waals surface area (Å²) in [4.78, 5) is 10.4. The van der Waals surface area contributed by atoms with E-state index in [9.17, 15) is 10.1 Å². The Hall–Kier alpha value is -2.81. The van der Waals surface area contributed by atoms with E-state index in [0.29, 0.717) is 23.6 Å². The van der Waals surface area contributed by atoms with E-state index in [-0.39, 0.29) is 5.69 Å². The summed E-state index contributed by atoms with van der Waals surface area (Å²) in [6.45, 7) is 0.383. The molecule has 0 fully saturated rings. The Labute approximate surface area is 109 Å². The third-order valence-corrected chi connectivity index (χ3v) is 2.69. The molecule has 0 aliphatic carbocycles. The number of nitrogens with zero attached hydrogens (tertiary/aromatic N) is 3. The van der Waals surface area contributed by atoms with Crippen molar-refractivity contribution in [1.82, 2.24) is 4.57 Å². The normalized spacial score (nSPS) is 9.89. The zero-order valence-corrected chi connectivity index (χ0v) is 10.2. The first-order valence-corrected chi connectivity index (χ1v) is 5.51. The number of aromatic nitrogens is 1. The first-order chi connectivity index (χ1) is 9.13. The predicted molar refractivity (Wildman–Crippen MR) is 67.9 cm³/mol. The molecule has 0 bridgehead atoms. The van der Waals surface area contributed by atoms with Crippen LogP contribution >= 0.6 is 0 Å². The third kappa shape index (κ3) is 2.72. The highest BCUT2D eigenvalue weighted by Crippen LogP contribution is 2.23. The van der Waals surface area contributed by atoms with Crippen LogP contribution in [-0.4, -0.2) is 16.6 Å². The van der Waals surface area contributed by atoms with E-state index >= 15 is 0 Å². The van der Waals surface area contributed by atoms with Crippen LogP contribution in [0, 0.1) is 21.4 Å². The fourth-order valence-corrected chi connectivity index (χ4v) is 1.81. The largest absolute Gasteiger partial charge is 0.496 e. The number of non-ortho nitro benzene ring substituents is 1. The molecule has 0 saturated carbocycles. The lowest BCUT2D eigenvalue weighted by Crippen LogP contribution is -2.02. The minimum atomic E-state index is -0.465. The van der Waals surface area contributed by atoms with Crippen molar-refractivity contribution >= 4 is 5.69 Å². The van der Waals surface area contributed by atoms with E-state index in [1.54, 1.807) is 29.0 Å². The fraction of sp³-hybridized carbons (Fsp3) is 0.154. The highest BCUT2D eigenvalue weighted by molar-refractivity contribution is 5.43. The molecule has 1 aromatic carbocycles. The zero-order valence-electron chi connectivity index (χ0n) is 10.2. The number of nitro benzene ring substituents is 1. The summed E-state index contributed by atoms with van der Waals surface area (Å²) in [6.07, 6.45) is 1.75. The Kier molecular flexibility index (Phi) is 3.48. The molecule has 0 aliphatic heterocycles. The third-order valence-electron chi connectivity index (χ3n) is 2.69. The average Bonchev–Trinajstić information content (AvgIpc) is 2.85. The van der Waals surface area contributed by atoms with E-state index in [1.165, 1.54) is 19.2 Å². The first-order valence-electron chi connectivity index (χ1n) is 5.51. The van der Waals surface area contributed by atoms with Gasteiger partial charge in [-0.2, -0.15) is 5.26 Å². The summed E-state index contributed by atoms with van der Waals surface area (Å²) in [5.41, 5.74) is 1.18. The van der Waals surface area contributed by atoms with Gasteiger partial charge in [0.2, 0.25) is 0 Å². The van der Waals surface area contributed by atoms with Crippen molar-refractivity contribution in [2.24, 2.45) is 0 Å². The molecule has 0 saturated heterocycles. The molecule has 0 aliphatic rings. The Morgan fingerprint density at radius 1 is 1.47 bits per heavy atom. The Morgan fingerprint density at radius 2 is 2.26 bits per heavy atom. The lowest BCUT2D eigenvalue weighted by atomic mass is 10.2. The van der Waals surface area contributed by atoms with Gasteiger partial charge in [0.05, 0.1) is 18.1 Å². The lowest BCUT2D eigenvalue weighted by Gasteiger charge is -2.07. The van der Waals surface area contributed by atoms with Crippen molar-refractivity contribution in [2.45, 2.75) is 6.54 Å². The number of nitriles is 1. The molecule has 0 unspecified atom stereocenters. The number of benzene rings is 1. The standard InChI is InChI=1S/C13H11N3O3/c1-19-13-6-10(5-12(7-13)16(17)18)9-15-4-2-3-11(15)8-14/h2-7H,9H2,1H3. The van der Waals surface area contributed by atoms with Gasteiger partial charge in [-0.25, -0.2) is 0 Å². The number of ether oxygens (including phenoxy) is 1. The van der Waals surface area contributed by atoms with Gasteiger partial charge in [-0.3, -0.25) is 10.1 Å². The van der Waals surface area contributed by atoms with Gasteiger partial charge < -0.3 is 9.30 Å². The maximum Gasteiger partial charge on any atom is 0.273 e. The van der Waals surface area contributed by atoms with Crippen LogP contribution in [0.3, 0.4) is 0 Å². The molecule has 19 heavy (non-hydrogen) atoms. The molecule has 1 heterocycles. The maximum atomic E-state index is 10.8. The summed E-state index contributed by atoms with van der Waals surface area (Å²) in [5, 5.41) is 19.8. The molecule has 0 spiro atoms. The molecule has 0 atom stereocenters. The van der Waals surface area contributed by atoms with Gasteiger partial charge >= 0.3 is 0 Å². The highest BCUT2D eigenvalue weighted by atomic mass is 16.6. The number of methoxy groups -OCH3 is 1. The molecular weight excluding hydrogens is 246 g/mol. The SMILES string of the molecule is COc1cc(Cn2cccc2C#N)cc([N+](=O)[O-])c1. The van der Waals surface area contributed by atoms with Crippen molar-refractivity contribution in [3.8, 4) is 11.8 Å². The summed E-state index contributed by atoms with van der Waals surface area (Å²) >= 11 is 0. The van der Waals surface area contributed by atoms with Gasteiger partial charge in [0.1, 0.15) is 17.5 Å². The van der Waals surface area contributed by atoms with Gasteiger partial charge in [-0.05, 0) is 23.8 Å². The highest BCUT2D eigenvalue weighted by Gasteiger charge is 2.11. The molecule has 0 amide bonds. The number of rotatable bonds is 4. The van der Waals surface area contributed by atoms with Crippen molar-refractivity contribution < 1.29 is 9.66 Å². The Morgan fingerprint density at radius 3 is 2.89 bits per heavy atom. The number of hydrogen-bond acceptors (Lipinski definition) is 4. The van der Waals surface area contributed by atoms with Gasteiger partial charge in [0, 0.05) is 18.8 Å². The maximum absolute atomic E-state index is 10.8. The van der Waals surface area contributed by atoms with E-state index in [0.717, 1.165) is 0 Å². The van der Waals surface area contributed by atoms with Crippen molar-refractivity contribution in [3.63, 3.8) is 0 Å². The second kappa shape index (κ2) is 5.23. The Bertz CT molecular complexity index is 655. The lowest BCUT2D eigenvalue weighted by molar-refractivity contribution is -0.385. The average molecular weight is 257 g/mol. The van der Waals surface area contributed by atoms with Gasteiger partial charge in [0.15, 0.2) is 0 Å². The van der Waals surface area contributed by atoms with Crippen molar-refractivity contribution in [3.05, 3.63) is 57.9 Å². The van der Waals surface area contributed by atoms with Crippen molar-refractivity contribution in [2.75, 3.05) is 7.11 Å². The van der Waals surface area contributed by atoms with Gasteiger partial charge in [0.25, 0.3) is 5.69 Å². The minimum Gasteiger partial charge on any atom is -0.496 e. The van der Waals surface area contributed by atoms with Crippen LogP contribution in [0.25, 0.3) is 0 Å². The molecule has 0 N–H and O–H groups in total. The van der Waals surface area contributed by atoms with Crippen LogP contribution < -0.4 is 4.74 Å². The quantitative estimate of drug-likeness (QED) is 0.621. The molecule has 1 aromatic heterocycles. The van der Waals surface area contributed by atoms with E-state index in [2.05, 4.69) is 6.07 Å². The number of nitro groups is 1. The molecule has 2 aromatic rings. The molecule has 2 rings (SSSR count). The molecule has 6 nitrogen and oxygen atoms in total. The van der Waals surface area contributed by atoms with Crippen LogP contribution in [0.1, 0.15) is 11.3 Å². The molecule has 96 valence electrons. The second-order valence-corrected chi connectivity index (χ2v) is 3.93. The van der Waals surface area contributed by atoms with Crippen LogP contribution in [0.2, 0.25) is 0 Å². The summed E-state index contributed by atoms with van der Waals surface area (Å²) in [5.74, 6) is 0.426. The molecule has 6 heteroatoms. The Balaban J connectivity index is 2.37. The van der Waals surface area contributed by atoms with Crippen LogP contribution in [-0.2, 0) is 6.54 Å². The zero-order chi connectivity index (χ0) is 13.8. The monoisotopic (exact) mass is 257 g/mol. The second-order valence-electron chi connectivity index (χ2n) is 3.93. The van der Waals surface area contributed by atoms with E-state index in [4.69, 9.17) is 10.00 Å². The molecular formula is C13H11N3O3. The van der Waals surface area contributed by atoms with Crippen LogP contribution in [0.15, 0.2) is 36.5 Å². The fourth-order valence-electron chi connectivity index (χ4n) is 1.81. The van der Waals surface area contributed by atoms with Crippen LogP contribution in [0.5, 0.6) is 5.75 Å². The minimum absolute atomic E-state index is 0.0278. The van der Waals surface area contributed by atoms with E-state index in [1.807, 2.05) is 0 Å². The van der Waals surface area contributed by atoms with Gasteiger partial charge in [-0.15, -0.1) is 0 Å². The smallest absolute Gasteiger partial charge is 0.273 e. The molecule has 0 radical (unpaired) electrons. The van der Waals surface area contributed by atoms with Gasteiger partial charge in [-0.1, -0.05) is 0 Å². The van der Waals surface area contributed by atoms with E-state index < -0.39 is 4.92 Å². The summed E-state index contributed by atoms with van der Waals surface area (Å²) in [6, 6.07) is 10.1. The number of hydrogen-bond donors (Lipinski definition) is 0. The predicted octanol–water partition coefficient (Wildman–Crippen LogP) is 2.32. The first kappa shape index (κ1) is 12.6. The van der Waals surface area contributed by atoms with Crippen molar-refractivity contribution in [1.29, 1.82) is 5.26 Å². The topological polar surface area (TPSA) is 81.1 Å².